The van der Waals surface area contributed by atoms with Gasteiger partial charge in [-0.05, 0) is 24.3 Å². The van der Waals surface area contributed by atoms with E-state index in [1.807, 2.05) is 0 Å². The van der Waals surface area contributed by atoms with E-state index in [9.17, 15) is 13.2 Å². The van der Waals surface area contributed by atoms with E-state index < -0.39 is 11.9 Å². The quantitative estimate of drug-likeness (QED) is 0.669. The Kier molecular flexibility index (Phi) is 3.99. The van der Waals surface area contributed by atoms with Gasteiger partial charge in [0, 0.05) is 28.5 Å². The third kappa shape index (κ3) is 3.16. The summed E-state index contributed by atoms with van der Waals surface area (Å²) in [6.07, 6.45) is -0.806. The molecule has 0 bridgehead atoms. The highest BCUT2D eigenvalue weighted by Gasteiger charge is 2.34. The molecule has 1 aromatic carbocycles. The molecule has 3 rings (SSSR count). The first-order valence-electron chi connectivity index (χ1n) is 6.25. The van der Waals surface area contributed by atoms with Crippen molar-refractivity contribution in [3.63, 3.8) is 0 Å². The second kappa shape index (κ2) is 5.82. The lowest BCUT2D eigenvalue weighted by molar-refractivity contribution is -0.141. The van der Waals surface area contributed by atoms with Crippen LogP contribution in [-0.4, -0.2) is 20.0 Å². The molecule has 2 heterocycles. The Morgan fingerprint density at radius 2 is 1.83 bits per heavy atom. The van der Waals surface area contributed by atoms with Crippen LogP contribution in [0.15, 0.2) is 42.9 Å². The van der Waals surface area contributed by atoms with Crippen LogP contribution < -0.4 is 0 Å². The van der Waals surface area contributed by atoms with Crippen molar-refractivity contribution < 1.29 is 13.2 Å². The highest BCUT2D eigenvalue weighted by atomic mass is 35.5. The first kappa shape index (κ1) is 15.8. The maximum Gasteiger partial charge on any atom is 0.436 e. The molecule has 0 aliphatic rings. The summed E-state index contributed by atoms with van der Waals surface area (Å²) in [6, 6.07) is 6.32. The van der Waals surface area contributed by atoms with Gasteiger partial charge in [0.15, 0.2) is 5.69 Å². The van der Waals surface area contributed by atoms with Crippen LogP contribution in [0.3, 0.4) is 0 Å². The average molecular weight is 359 g/mol. The number of hydrogen-bond acceptors (Lipinski definition) is 3. The van der Waals surface area contributed by atoms with Crippen LogP contribution in [-0.2, 0) is 6.18 Å². The lowest BCUT2D eigenvalue weighted by Crippen LogP contribution is -2.05. The molecule has 3 aromatic rings. The number of pyridine rings is 1. The molecular formula is C14H7Cl2F3N4. The molecule has 2 aromatic heterocycles. The Hall–Kier alpha value is -2.12. The van der Waals surface area contributed by atoms with E-state index in [1.165, 1.54) is 12.4 Å². The molecule has 0 spiro atoms. The van der Waals surface area contributed by atoms with Gasteiger partial charge < -0.3 is 0 Å². The number of alkyl halides is 3. The van der Waals surface area contributed by atoms with Gasteiger partial charge in [-0.2, -0.15) is 13.2 Å². The SMILES string of the molecule is FC(F)(F)c1cn(-c2ccc(Cl)cc2-c2ccncc2Cl)nn1. The summed E-state index contributed by atoms with van der Waals surface area (Å²) in [5.41, 5.74) is 0.372. The van der Waals surface area contributed by atoms with E-state index in [-0.39, 0.29) is 0 Å². The lowest BCUT2D eigenvalue weighted by atomic mass is 10.0. The van der Waals surface area contributed by atoms with Crippen molar-refractivity contribution in [2.45, 2.75) is 6.18 Å². The minimum absolute atomic E-state index is 0.340. The molecule has 4 nitrogen and oxygen atoms in total. The van der Waals surface area contributed by atoms with Crippen LogP contribution in [0.1, 0.15) is 5.69 Å². The fourth-order valence-corrected chi connectivity index (χ4v) is 2.42. The van der Waals surface area contributed by atoms with Gasteiger partial charge in [-0.3, -0.25) is 4.98 Å². The molecule has 0 N–H and O–H groups in total. The van der Waals surface area contributed by atoms with E-state index in [2.05, 4.69) is 15.3 Å². The molecule has 9 heteroatoms. The van der Waals surface area contributed by atoms with Crippen LogP contribution in [0.4, 0.5) is 13.2 Å². The first-order chi connectivity index (χ1) is 10.9. The molecule has 0 saturated heterocycles. The Bertz CT molecular complexity index is 861. The van der Waals surface area contributed by atoms with Crippen LogP contribution in [0.2, 0.25) is 10.0 Å². The highest BCUT2D eigenvalue weighted by molar-refractivity contribution is 6.34. The van der Waals surface area contributed by atoms with Gasteiger partial charge in [-0.15, -0.1) is 5.10 Å². The molecule has 0 saturated carbocycles. The van der Waals surface area contributed by atoms with Gasteiger partial charge in [0.1, 0.15) is 0 Å². The Labute approximate surface area is 138 Å². The van der Waals surface area contributed by atoms with E-state index in [0.29, 0.717) is 26.9 Å². The van der Waals surface area contributed by atoms with Crippen molar-refractivity contribution in [2.75, 3.05) is 0 Å². The largest absolute Gasteiger partial charge is 0.436 e. The van der Waals surface area contributed by atoms with Crippen molar-refractivity contribution in [3.8, 4) is 16.8 Å². The maximum absolute atomic E-state index is 12.7. The summed E-state index contributed by atoms with van der Waals surface area (Å²) in [7, 11) is 0. The van der Waals surface area contributed by atoms with Crippen molar-refractivity contribution in [3.05, 3.63) is 58.6 Å². The van der Waals surface area contributed by atoms with Crippen LogP contribution in [0.25, 0.3) is 16.8 Å². The zero-order chi connectivity index (χ0) is 16.6. The molecular weight excluding hydrogens is 352 g/mol. The predicted molar refractivity (Wildman–Crippen MR) is 79.6 cm³/mol. The van der Waals surface area contributed by atoms with Crippen molar-refractivity contribution in [2.24, 2.45) is 0 Å². The Morgan fingerprint density at radius 1 is 1.04 bits per heavy atom. The smallest absolute Gasteiger partial charge is 0.263 e. The average Bonchev–Trinajstić information content (AvgIpc) is 2.97. The van der Waals surface area contributed by atoms with Crippen LogP contribution in [0.5, 0.6) is 0 Å². The number of rotatable bonds is 2. The fourth-order valence-electron chi connectivity index (χ4n) is 2.03. The third-order valence-electron chi connectivity index (χ3n) is 3.05. The van der Waals surface area contributed by atoms with E-state index in [1.54, 1.807) is 24.3 Å². The van der Waals surface area contributed by atoms with Crippen molar-refractivity contribution in [1.29, 1.82) is 0 Å². The summed E-state index contributed by atoms with van der Waals surface area (Å²) in [5, 5.41) is 7.45. The number of aromatic nitrogens is 4. The zero-order valence-corrected chi connectivity index (χ0v) is 12.7. The number of hydrogen-bond donors (Lipinski definition) is 0. The molecule has 0 aliphatic heterocycles. The first-order valence-corrected chi connectivity index (χ1v) is 7.01. The molecule has 0 unspecified atom stereocenters. The van der Waals surface area contributed by atoms with Gasteiger partial charge >= 0.3 is 6.18 Å². The maximum atomic E-state index is 12.7. The second-order valence-corrected chi connectivity index (χ2v) is 5.41. The standard InChI is InChI=1S/C14H7Cl2F3N4/c15-8-1-2-12(23-7-13(21-22-23)14(17,18)19)10(5-8)9-3-4-20-6-11(9)16/h1-7H. The predicted octanol–water partition coefficient (Wildman–Crippen LogP) is 4.65. The summed E-state index contributed by atoms with van der Waals surface area (Å²) < 4.78 is 39.1. The minimum Gasteiger partial charge on any atom is -0.263 e. The molecule has 0 atom stereocenters. The van der Waals surface area contributed by atoms with E-state index in [0.717, 1.165) is 10.9 Å². The normalized spacial score (nSPS) is 11.7. The van der Waals surface area contributed by atoms with Crippen molar-refractivity contribution >= 4 is 23.2 Å². The van der Waals surface area contributed by atoms with E-state index in [4.69, 9.17) is 23.2 Å². The molecule has 0 fully saturated rings. The number of nitrogens with zero attached hydrogens (tertiary/aromatic N) is 4. The number of halogens is 5. The van der Waals surface area contributed by atoms with Crippen LogP contribution >= 0.6 is 23.2 Å². The molecule has 0 amide bonds. The number of benzene rings is 1. The molecule has 0 aliphatic carbocycles. The summed E-state index contributed by atoms with van der Waals surface area (Å²) in [4.78, 5) is 3.88. The fraction of sp³-hybridized carbons (Fsp3) is 0.0714. The van der Waals surface area contributed by atoms with Crippen molar-refractivity contribution in [1.82, 2.24) is 20.0 Å². The van der Waals surface area contributed by atoms with Crippen LogP contribution in [0, 0.1) is 0 Å². The van der Waals surface area contributed by atoms with E-state index >= 15 is 0 Å². The highest BCUT2D eigenvalue weighted by Crippen LogP contribution is 2.34. The van der Waals surface area contributed by atoms with Gasteiger partial charge in [0.05, 0.1) is 16.9 Å². The third-order valence-corrected chi connectivity index (χ3v) is 3.59. The molecule has 118 valence electrons. The van der Waals surface area contributed by atoms with Gasteiger partial charge in [-0.25, -0.2) is 4.68 Å². The summed E-state index contributed by atoms with van der Waals surface area (Å²) in [6.45, 7) is 0. The summed E-state index contributed by atoms with van der Waals surface area (Å²) in [5.74, 6) is 0. The summed E-state index contributed by atoms with van der Waals surface area (Å²) >= 11 is 12.1. The second-order valence-electron chi connectivity index (χ2n) is 4.56. The van der Waals surface area contributed by atoms with Gasteiger partial charge in [0.2, 0.25) is 0 Å². The Balaban J connectivity index is 2.18. The van der Waals surface area contributed by atoms with Gasteiger partial charge in [-0.1, -0.05) is 28.4 Å². The monoisotopic (exact) mass is 358 g/mol. The Morgan fingerprint density at radius 3 is 2.48 bits per heavy atom. The molecule has 0 radical (unpaired) electrons. The molecule has 23 heavy (non-hydrogen) atoms. The lowest BCUT2D eigenvalue weighted by Gasteiger charge is -2.11. The zero-order valence-electron chi connectivity index (χ0n) is 11.2. The topological polar surface area (TPSA) is 43.6 Å². The van der Waals surface area contributed by atoms with Gasteiger partial charge in [0.25, 0.3) is 0 Å². The minimum atomic E-state index is -4.57.